The van der Waals surface area contributed by atoms with Crippen LogP contribution in [0, 0.1) is 11.8 Å². The van der Waals surface area contributed by atoms with Crippen LogP contribution >= 0.6 is 0 Å². The fraction of sp³-hybridized carbons (Fsp3) is 0.750. The van der Waals surface area contributed by atoms with Gasteiger partial charge in [-0.25, -0.2) is 13.4 Å². The van der Waals surface area contributed by atoms with Gasteiger partial charge in [0.25, 0.3) is 10.0 Å². The van der Waals surface area contributed by atoms with Crippen molar-refractivity contribution in [3.8, 4) is 0 Å². The van der Waals surface area contributed by atoms with E-state index >= 15 is 0 Å². The molecule has 0 radical (unpaired) electrons. The maximum atomic E-state index is 12.3. The highest BCUT2D eigenvalue weighted by molar-refractivity contribution is 7.89. The van der Waals surface area contributed by atoms with Gasteiger partial charge in [0, 0.05) is 26.3 Å². The molecule has 1 aromatic rings. The maximum absolute atomic E-state index is 12.3. The first-order valence-corrected chi connectivity index (χ1v) is 7.99. The predicted molar refractivity (Wildman–Crippen MR) is 67.4 cm³/mol. The Morgan fingerprint density at radius 3 is 2.28 bits per heavy atom. The Balaban J connectivity index is 1.71. The second kappa shape index (κ2) is 4.35. The van der Waals surface area contributed by atoms with Gasteiger partial charge < -0.3 is 4.57 Å². The number of sulfonamides is 1. The van der Waals surface area contributed by atoms with Gasteiger partial charge in [0.1, 0.15) is 0 Å². The zero-order chi connectivity index (χ0) is 12.8. The Morgan fingerprint density at radius 1 is 1.17 bits per heavy atom. The lowest BCUT2D eigenvalue weighted by Crippen LogP contribution is -2.39. The van der Waals surface area contributed by atoms with Gasteiger partial charge in [-0.2, -0.15) is 4.31 Å². The monoisotopic (exact) mass is 269 g/mol. The second-order valence-corrected chi connectivity index (χ2v) is 7.34. The van der Waals surface area contributed by atoms with Gasteiger partial charge in [-0.3, -0.25) is 0 Å². The maximum Gasteiger partial charge on any atom is 0.262 e. The van der Waals surface area contributed by atoms with Gasteiger partial charge >= 0.3 is 0 Å². The number of piperidine rings is 1. The third-order valence-electron chi connectivity index (χ3n) is 4.07. The van der Waals surface area contributed by atoms with Gasteiger partial charge in [0.15, 0.2) is 5.03 Å². The van der Waals surface area contributed by atoms with Crippen LogP contribution in [0.3, 0.4) is 0 Å². The molecule has 2 aliphatic rings. The average Bonchev–Trinajstić information content (AvgIpc) is 3.11. The summed E-state index contributed by atoms with van der Waals surface area (Å²) in [7, 11) is -1.59. The van der Waals surface area contributed by atoms with Crippen molar-refractivity contribution in [3.05, 3.63) is 12.5 Å². The van der Waals surface area contributed by atoms with E-state index < -0.39 is 10.0 Å². The van der Waals surface area contributed by atoms with Crippen molar-refractivity contribution in [3.63, 3.8) is 0 Å². The fourth-order valence-corrected chi connectivity index (χ4v) is 4.25. The van der Waals surface area contributed by atoms with E-state index in [1.807, 2.05) is 0 Å². The summed E-state index contributed by atoms with van der Waals surface area (Å²) in [6.45, 7) is 1.31. The Bertz CT molecular complexity index is 525. The largest absolute Gasteiger partial charge is 0.339 e. The van der Waals surface area contributed by atoms with Crippen molar-refractivity contribution in [2.24, 2.45) is 18.9 Å². The lowest BCUT2D eigenvalue weighted by Gasteiger charge is -2.30. The van der Waals surface area contributed by atoms with Gasteiger partial charge in [-0.05, 0) is 37.5 Å². The zero-order valence-electron chi connectivity index (χ0n) is 10.6. The molecule has 1 aromatic heterocycles. The van der Waals surface area contributed by atoms with E-state index in [4.69, 9.17) is 0 Å². The van der Waals surface area contributed by atoms with E-state index in [0.717, 1.165) is 24.7 Å². The number of rotatable bonds is 3. The summed E-state index contributed by atoms with van der Waals surface area (Å²) in [5, 5.41) is 0.176. The Labute approximate surface area is 108 Å². The molecule has 1 aliphatic carbocycles. The van der Waals surface area contributed by atoms with E-state index in [1.54, 1.807) is 22.1 Å². The van der Waals surface area contributed by atoms with Crippen LogP contribution in [0.4, 0.5) is 0 Å². The molecule has 0 spiro atoms. The van der Waals surface area contributed by atoms with Crippen LogP contribution in [0.1, 0.15) is 25.7 Å². The molecule has 2 heterocycles. The minimum atomic E-state index is -3.37. The highest BCUT2D eigenvalue weighted by atomic mass is 32.2. The summed E-state index contributed by atoms with van der Waals surface area (Å²) in [6, 6.07) is 0. The lowest BCUT2D eigenvalue weighted by atomic mass is 9.93. The molecule has 1 aliphatic heterocycles. The van der Waals surface area contributed by atoms with E-state index in [1.165, 1.54) is 19.2 Å². The quantitative estimate of drug-likeness (QED) is 0.829. The molecule has 0 amide bonds. The summed E-state index contributed by atoms with van der Waals surface area (Å²) in [5.74, 6) is 1.63. The third kappa shape index (κ3) is 2.19. The predicted octanol–water partition coefficient (Wildman–Crippen LogP) is 1.23. The number of nitrogens with zero attached hydrogens (tertiary/aromatic N) is 3. The minimum Gasteiger partial charge on any atom is -0.339 e. The fourth-order valence-electron chi connectivity index (χ4n) is 2.81. The van der Waals surface area contributed by atoms with Crippen molar-refractivity contribution >= 4 is 10.0 Å². The van der Waals surface area contributed by atoms with Crippen molar-refractivity contribution in [1.82, 2.24) is 13.9 Å². The zero-order valence-corrected chi connectivity index (χ0v) is 11.4. The molecule has 6 heteroatoms. The molecular formula is C12H19N3O2S. The molecule has 0 N–H and O–H groups in total. The number of aromatic nitrogens is 2. The van der Waals surface area contributed by atoms with E-state index in [0.29, 0.717) is 13.1 Å². The number of imidazole rings is 1. The molecular weight excluding hydrogens is 250 g/mol. The summed E-state index contributed by atoms with van der Waals surface area (Å²) >= 11 is 0. The molecule has 0 aromatic carbocycles. The molecule has 0 bridgehead atoms. The lowest BCUT2D eigenvalue weighted by molar-refractivity contribution is 0.252. The molecule has 1 saturated carbocycles. The number of hydrogen-bond acceptors (Lipinski definition) is 3. The van der Waals surface area contributed by atoms with Crippen molar-refractivity contribution in [2.45, 2.75) is 30.7 Å². The van der Waals surface area contributed by atoms with Crippen LogP contribution in [-0.4, -0.2) is 35.4 Å². The minimum absolute atomic E-state index is 0.176. The normalized spacial score (nSPS) is 23.4. The highest BCUT2D eigenvalue weighted by Crippen LogP contribution is 2.42. The summed E-state index contributed by atoms with van der Waals surface area (Å²) in [5.41, 5.74) is 0. The molecule has 2 fully saturated rings. The van der Waals surface area contributed by atoms with Crippen LogP contribution in [0.2, 0.25) is 0 Å². The van der Waals surface area contributed by atoms with Gasteiger partial charge in [-0.15, -0.1) is 0 Å². The Hall–Kier alpha value is -0.880. The second-order valence-electron chi connectivity index (χ2n) is 5.46. The smallest absolute Gasteiger partial charge is 0.262 e. The topological polar surface area (TPSA) is 55.2 Å². The van der Waals surface area contributed by atoms with Crippen LogP contribution in [0.5, 0.6) is 0 Å². The summed E-state index contributed by atoms with van der Waals surface area (Å²) in [4.78, 5) is 3.96. The molecule has 0 unspecified atom stereocenters. The average molecular weight is 269 g/mol. The first kappa shape index (κ1) is 12.2. The first-order chi connectivity index (χ1) is 8.57. The van der Waals surface area contributed by atoms with Gasteiger partial charge in [0.2, 0.25) is 0 Å². The molecule has 18 heavy (non-hydrogen) atoms. The molecule has 0 atom stereocenters. The van der Waals surface area contributed by atoms with Gasteiger partial charge in [-0.1, -0.05) is 0 Å². The Morgan fingerprint density at radius 2 is 1.78 bits per heavy atom. The van der Waals surface area contributed by atoms with E-state index in [9.17, 15) is 8.42 Å². The van der Waals surface area contributed by atoms with Crippen molar-refractivity contribution in [2.75, 3.05) is 13.1 Å². The van der Waals surface area contributed by atoms with Crippen molar-refractivity contribution < 1.29 is 8.42 Å². The molecule has 5 nitrogen and oxygen atoms in total. The highest BCUT2D eigenvalue weighted by Gasteiger charge is 2.37. The molecule has 3 rings (SSSR count). The third-order valence-corrected chi connectivity index (χ3v) is 5.86. The van der Waals surface area contributed by atoms with Crippen LogP contribution in [0.25, 0.3) is 0 Å². The SMILES string of the molecule is Cn1cnc(S(=O)(=O)N2CCC(C3CC3)CC2)c1. The summed E-state index contributed by atoms with van der Waals surface area (Å²) in [6.07, 6.45) is 7.81. The standard InChI is InChI=1S/C12H19N3O2S/c1-14-8-12(13-9-14)18(16,17)15-6-4-11(5-7-15)10-2-3-10/h8-11H,2-7H2,1H3. The summed E-state index contributed by atoms with van der Waals surface area (Å²) < 4.78 is 27.9. The van der Waals surface area contributed by atoms with E-state index in [-0.39, 0.29) is 5.03 Å². The van der Waals surface area contributed by atoms with Crippen LogP contribution in [-0.2, 0) is 17.1 Å². The Kier molecular flexibility index (Phi) is 2.94. The molecule has 1 saturated heterocycles. The van der Waals surface area contributed by atoms with E-state index in [2.05, 4.69) is 4.98 Å². The van der Waals surface area contributed by atoms with Gasteiger partial charge in [0.05, 0.1) is 6.33 Å². The molecule has 100 valence electrons. The van der Waals surface area contributed by atoms with Crippen LogP contribution < -0.4 is 0 Å². The number of aryl methyl sites for hydroxylation is 1. The first-order valence-electron chi connectivity index (χ1n) is 6.55. The van der Waals surface area contributed by atoms with Crippen molar-refractivity contribution in [1.29, 1.82) is 0 Å². The van der Waals surface area contributed by atoms with Crippen LogP contribution in [0.15, 0.2) is 17.6 Å². The number of hydrogen-bond donors (Lipinski definition) is 0.